The second kappa shape index (κ2) is 15.2. The van der Waals surface area contributed by atoms with Gasteiger partial charge in [-0.15, -0.1) is 24.8 Å². The molecule has 3 aromatic carbocycles. The fourth-order valence-electron chi connectivity index (χ4n) is 5.84. The van der Waals surface area contributed by atoms with Crippen LogP contribution in [0.5, 0.6) is 5.75 Å². The first kappa shape index (κ1) is 34.4. The molecule has 0 radical (unpaired) electrons. The van der Waals surface area contributed by atoms with Gasteiger partial charge in [0.25, 0.3) is 11.8 Å². The Morgan fingerprint density at radius 3 is 2.04 bits per heavy atom. The number of anilines is 1. The van der Waals surface area contributed by atoms with Gasteiger partial charge in [0.2, 0.25) is 0 Å². The summed E-state index contributed by atoms with van der Waals surface area (Å²) in [5.74, 6) is -2.42. The Hall–Kier alpha value is -3.51. The van der Waals surface area contributed by atoms with Gasteiger partial charge >= 0.3 is 0 Å². The van der Waals surface area contributed by atoms with Crippen LogP contribution in [0.4, 0.5) is 18.9 Å². The van der Waals surface area contributed by atoms with Gasteiger partial charge in [-0.3, -0.25) is 9.59 Å². The molecular weight excluding hydrogens is 630 g/mol. The minimum absolute atomic E-state index is 0. The second-order valence-electron chi connectivity index (χ2n) is 11.1. The van der Waals surface area contributed by atoms with Crippen LogP contribution < -0.4 is 20.3 Å². The van der Waals surface area contributed by atoms with Crippen LogP contribution in [0.2, 0.25) is 0 Å². The number of benzene rings is 3. The number of nitrogens with zero attached hydrogens (tertiary/aromatic N) is 3. The number of amides is 2. The lowest BCUT2D eigenvalue weighted by Gasteiger charge is -2.35. The predicted octanol–water partition coefficient (Wildman–Crippen LogP) is 4.36. The van der Waals surface area contributed by atoms with Crippen LogP contribution in [0, 0.1) is 17.5 Å². The highest BCUT2D eigenvalue weighted by Gasteiger charge is 2.28. The molecule has 0 aromatic heterocycles. The van der Waals surface area contributed by atoms with E-state index >= 15 is 0 Å². The van der Waals surface area contributed by atoms with Gasteiger partial charge in [-0.1, -0.05) is 6.07 Å². The molecule has 1 atom stereocenters. The van der Waals surface area contributed by atoms with Crippen LogP contribution in [0.1, 0.15) is 27.1 Å². The number of halogens is 5. The molecule has 3 fully saturated rings. The number of carbonyl (C=O) groups excluding carboxylic acids is 2. The highest BCUT2D eigenvalue weighted by atomic mass is 35.5. The second-order valence-corrected chi connectivity index (χ2v) is 11.1. The van der Waals surface area contributed by atoms with Gasteiger partial charge in [-0.25, -0.2) is 13.2 Å². The minimum Gasteiger partial charge on any atom is -0.488 e. The molecule has 0 aliphatic carbocycles. The molecule has 8 nitrogen and oxygen atoms in total. The molecule has 3 aromatic rings. The number of ether oxygens (including phenoxy) is 1. The summed E-state index contributed by atoms with van der Waals surface area (Å²) in [6.07, 6.45) is 0.746. The van der Waals surface area contributed by atoms with E-state index in [9.17, 15) is 22.8 Å². The lowest BCUT2D eigenvalue weighted by atomic mass is 10.0. The molecule has 3 heterocycles. The maximum Gasteiger partial charge on any atom is 0.254 e. The van der Waals surface area contributed by atoms with E-state index in [1.54, 1.807) is 34.1 Å². The third-order valence-electron chi connectivity index (χ3n) is 8.23. The lowest BCUT2D eigenvalue weighted by Crippen LogP contribution is -2.50. The highest BCUT2D eigenvalue weighted by molar-refractivity contribution is 5.97. The summed E-state index contributed by atoms with van der Waals surface area (Å²) in [6.45, 7) is 5.78. The number of nitrogens with one attached hydrogen (secondary N) is 2. The van der Waals surface area contributed by atoms with Gasteiger partial charge in [-0.2, -0.15) is 0 Å². The number of rotatable bonds is 6. The molecule has 2 amide bonds. The lowest BCUT2D eigenvalue weighted by molar-refractivity contribution is 0.0535. The number of piperazine rings is 2. The van der Waals surface area contributed by atoms with Crippen molar-refractivity contribution in [3.05, 3.63) is 83.2 Å². The molecule has 3 aliphatic rings. The van der Waals surface area contributed by atoms with E-state index < -0.39 is 17.5 Å². The quantitative estimate of drug-likeness (QED) is 0.408. The summed E-state index contributed by atoms with van der Waals surface area (Å²) in [5.41, 5.74) is 2.25. The minimum atomic E-state index is -0.984. The average molecular weight is 667 g/mol. The molecule has 0 saturated carbocycles. The SMILES string of the molecule is Cl.Cl.O=C(c1cc(F)cc(N2CCNCC2)c1)N1CCN(C(=O)c2ccc(O[C@H]3CCNC3)c(-c3ccc(F)c(F)c3)c2)CC1. The Bertz CT molecular complexity index is 1510. The van der Waals surface area contributed by atoms with Gasteiger partial charge < -0.3 is 30.1 Å². The van der Waals surface area contributed by atoms with Crippen molar-refractivity contribution in [1.29, 1.82) is 0 Å². The third-order valence-corrected chi connectivity index (χ3v) is 8.23. The van der Waals surface area contributed by atoms with Crippen molar-refractivity contribution in [2.75, 3.05) is 70.3 Å². The molecule has 0 unspecified atom stereocenters. The first-order chi connectivity index (χ1) is 20.9. The van der Waals surface area contributed by atoms with Crippen molar-refractivity contribution in [1.82, 2.24) is 20.4 Å². The maximum absolute atomic E-state index is 14.5. The molecule has 3 saturated heterocycles. The number of carbonyl (C=O) groups is 2. The van der Waals surface area contributed by atoms with Crippen LogP contribution in [0.25, 0.3) is 11.1 Å². The molecule has 242 valence electrons. The zero-order chi connectivity index (χ0) is 29.9. The predicted molar refractivity (Wildman–Crippen MR) is 171 cm³/mol. The fraction of sp³-hybridized carbons (Fsp3) is 0.375. The molecule has 3 aliphatic heterocycles. The van der Waals surface area contributed by atoms with Crippen LogP contribution in [0.15, 0.2) is 54.6 Å². The zero-order valence-corrected chi connectivity index (χ0v) is 26.2. The van der Waals surface area contributed by atoms with E-state index in [0.29, 0.717) is 60.9 Å². The topological polar surface area (TPSA) is 77.2 Å². The van der Waals surface area contributed by atoms with Gasteiger partial charge in [0.15, 0.2) is 11.6 Å². The van der Waals surface area contributed by atoms with Crippen LogP contribution in [-0.2, 0) is 0 Å². The summed E-state index contributed by atoms with van der Waals surface area (Å²) < 4.78 is 48.5. The summed E-state index contributed by atoms with van der Waals surface area (Å²) in [6, 6.07) is 13.1. The fourth-order valence-corrected chi connectivity index (χ4v) is 5.84. The van der Waals surface area contributed by atoms with Gasteiger partial charge in [-0.05, 0) is 67.1 Å². The summed E-state index contributed by atoms with van der Waals surface area (Å²) in [7, 11) is 0. The van der Waals surface area contributed by atoms with Crippen molar-refractivity contribution in [2.45, 2.75) is 12.5 Å². The smallest absolute Gasteiger partial charge is 0.254 e. The van der Waals surface area contributed by atoms with E-state index in [-0.39, 0.29) is 48.3 Å². The van der Waals surface area contributed by atoms with Crippen molar-refractivity contribution in [3.63, 3.8) is 0 Å². The Balaban J connectivity index is 0.00000230. The van der Waals surface area contributed by atoms with Crippen molar-refractivity contribution in [3.8, 4) is 16.9 Å². The molecule has 45 heavy (non-hydrogen) atoms. The Kier molecular flexibility index (Phi) is 11.6. The van der Waals surface area contributed by atoms with E-state index in [1.165, 1.54) is 18.2 Å². The normalized spacial score (nSPS) is 18.2. The van der Waals surface area contributed by atoms with E-state index in [2.05, 4.69) is 15.5 Å². The largest absolute Gasteiger partial charge is 0.488 e. The Labute approximate surface area is 272 Å². The van der Waals surface area contributed by atoms with Gasteiger partial charge in [0.1, 0.15) is 17.7 Å². The van der Waals surface area contributed by atoms with E-state index in [1.807, 2.05) is 0 Å². The molecule has 13 heteroatoms. The molecule has 6 rings (SSSR count). The zero-order valence-electron chi connectivity index (χ0n) is 24.6. The van der Waals surface area contributed by atoms with E-state index in [0.717, 1.165) is 51.3 Å². The summed E-state index contributed by atoms with van der Waals surface area (Å²) in [4.78, 5) is 32.2. The van der Waals surface area contributed by atoms with Gasteiger partial charge in [0, 0.05) is 81.3 Å². The molecule has 2 N–H and O–H groups in total. The highest BCUT2D eigenvalue weighted by Crippen LogP contribution is 2.34. The Morgan fingerprint density at radius 1 is 0.711 bits per heavy atom. The van der Waals surface area contributed by atoms with Crippen molar-refractivity contribution < 1.29 is 27.5 Å². The first-order valence-electron chi connectivity index (χ1n) is 14.7. The van der Waals surface area contributed by atoms with Crippen molar-refractivity contribution in [2.24, 2.45) is 0 Å². The van der Waals surface area contributed by atoms with Crippen LogP contribution >= 0.6 is 24.8 Å². The Morgan fingerprint density at radius 2 is 1.40 bits per heavy atom. The average Bonchev–Trinajstić information content (AvgIpc) is 3.55. The van der Waals surface area contributed by atoms with Crippen LogP contribution in [-0.4, -0.2) is 93.2 Å². The molecular formula is C32H36Cl2F3N5O3. The van der Waals surface area contributed by atoms with Gasteiger partial charge in [0.05, 0.1) is 0 Å². The molecule has 0 bridgehead atoms. The third kappa shape index (κ3) is 7.84. The van der Waals surface area contributed by atoms with Crippen molar-refractivity contribution >= 4 is 42.3 Å². The number of hydrogen-bond donors (Lipinski definition) is 2. The standard InChI is InChI=1S/C32H34F3N5O3.2ClH/c33-24-15-23(16-25(19-24)38-9-7-36-8-10-38)32(42)40-13-11-39(12-14-40)31(41)22-2-4-30(43-26-5-6-37-20-26)27(17-22)21-1-3-28(34)29(35)18-21;;/h1-4,15-19,26,36-37H,5-14,20H2;2*1H/t26-;;/m0../s1. The summed E-state index contributed by atoms with van der Waals surface area (Å²) >= 11 is 0. The summed E-state index contributed by atoms with van der Waals surface area (Å²) in [5, 5.41) is 6.50. The maximum atomic E-state index is 14.5. The first-order valence-corrected chi connectivity index (χ1v) is 14.7. The van der Waals surface area contributed by atoms with Crippen LogP contribution in [0.3, 0.4) is 0 Å². The number of hydrogen-bond acceptors (Lipinski definition) is 6. The monoisotopic (exact) mass is 665 g/mol. The van der Waals surface area contributed by atoms with E-state index in [4.69, 9.17) is 4.74 Å². The molecule has 0 spiro atoms.